The number of allylic oxidation sites excluding steroid dienone is 2. The van der Waals surface area contributed by atoms with Crippen molar-refractivity contribution >= 4 is 5.57 Å². The summed E-state index contributed by atoms with van der Waals surface area (Å²) in [7, 11) is 0. The molecule has 0 fully saturated rings. The van der Waals surface area contributed by atoms with Crippen LogP contribution in [0.1, 0.15) is 32.3 Å². The molecule has 1 aromatic heterocycles. The maximum Gasteiger partial charge on any atom is 0.198 e. The fourth-order valence-electron chi connectivity index (χ4n) is 1.20. The minimum absolute atomic E-state index is 0.00301. The third-order valence-electron chi connectivity index (χ3n) is 1.95. The molecule has 0 aliphatic carbocycles. The molecule has 0 atom stereocenters. The summed E-state index contributed by atoms with van der Waals surface area (Å²) in [5, 5.41) is 18.4. The Bertz CT molecular complexity index is 313. The van der Waals surface area contributed by atoms with Gasteiger partial charge in [0.15, 0.2) is 11.8 Å². The SMILES string of the molecule is CCC/C=C(/C)c1cc(O)[nH]c1O. The van der Waals surface area contributed by atoms with Gasteiger partial charge in [0.1, 0.15) is 0 Å². The predicted molar refractivity (Wildman–Crippen MR) is 52.7 cm³/mol. The molecule has 1 aromatic rings. The summed E-state index contributed by atoms with van der Waals surface area (Å²) in [5.74, 6) is 0.0269. The van der Waals surface area contributed by atoms with Gasteiger partial charge in [0.05, 0.1) is 0 Å². The fraction of sp³-hybridized carbons (Fsp3) is 0.400. The summed E-state index contributed by atoms with van der Waals surface area (Å²) >= 11 is 0. The Kier molecular flexibility index (Phi) is 3.01. The summed E-state index contributed by atoms with van der Waals surface area (Å²) in [4.78, 5) is 2.44. The maximum absolute atomic E-state index is 9.34. The first-order valence-corrected chi connectivity index (χ1v) is 4.43. The summed E-state index contributed by atoms with van der Waals surface area (Å²) in [5.41, 5.74) is 1.65. The molecule has 0 radical (unpaired) electrons. The van der Waals surface area contributed by atoms with Gasteiger partial charge in [-0.15, -0.1) is 0 Å². The highest BCUT2D eigenvalue weighted by atomic mass is 16.3. The molecule has 13 heavy (non-hydrogen) atoms. The molecule has 0 saturated heterocycles. The second-order valence-corrected chi connectivity index (χ2v) is 3.09. The number of rotatable bonds is 3. The van der Waals surface area contributed by atoms with Gasteiger partial charge in [-0.3, -0.25) is 4.98 Å². The zero-order chi connectivity index (χ0) is 9.84. The van der Waals surface area contributed by atoms with E-state index >= 15 is 0 Å². The lowest BCUT2D eigenvalue weighted by Crippen LogP contribution is -1.76. The van der Waals surface area contributed by atoms with E-state index < -0.39 is 0 Å². The Labute approximate surface area is 77.7 Å². The van der Waals surface area contributed by atoms with E-state index in [9.17, 15) is 5.11 Å². The Morgan fingerprint density at radius 3 is 2.69 bits per heavy atom. The van der Waals surface area contributed by atoms with Crippen LogP contribution in [0.5, 0.6) is 11.8 Å². The van der Waals surface area contributed by atoms with E-state index in [1.807, 2.05) is 13.0 Å². The number of aromatic amines is 1. The Morgan fingerprint density at radius 2 is 2.23 bits per heavy atom. The zero-order valence-electron chi connectivity index (χ0n) is 7.96. The summed E-state index contributed by atoms with van der Waals surface area (Å²) in [6.45, 7) is 4.01. The van der Waals surface area contributed by atoms with Gasteiger partial charge in [-0.2, -0.15) is 0 Å². The highest BCUT2D eigenvalue weighted by Crippen LogP contribution is 2.28. The van der Waals surface area contributed by atoms with Crippen LogP contribution < -0.4 is 0 Å². The van der Waals surface area contributed by atoms with Gasteiger partial charge < -0.3 is 10.2 Å². The molecule has 0 aliphatic rings. The van der Waals surface area contributed by atoms with Crippen molar-refractivity contribution in [2.45, 2.75) is 26.7 Å². The van der Waals surface area contributed by atoms with Crippen molar-refractivity contribution in [1.82, 2.24) is 4.98 Å². The fourth-order valence-corrected chi connectivity index (χ4v) is 1.20. The van der Waals surface area contributed by atoms with Crippen LogP contribution >= 0.6 is 0 Å². The molecule has 1 rings (SSSR count). The second-order valence-electron chi connectivity index (χ2n) is 3.09. The van der Waals surface area contributed by atoms with Crippen molar-refractivity contribution < 1.29 is 10.2 Å². The molecule has 0 aromatic carbocycles. The van der Waals surface area contributed by atoms with Crippen molar-refractivity contribution in [3.63, 3.8) is 0 Å². The molecule has 0 unspecified atom stereocenters. The van der Waals surface area contributed by atoms with Crippen LogP contribution in [0.3, 0.4) is 0 Å². The number of nitrogens with one attached hydrogen (secondary N) is 1. The predicted octanol–water partition coefficient (Wildman–Crippen LogP) is 2.63. The summed E-state index contributed by atoms with van der Waals surface area (Å²) in [6.07, 6.45) is 4.11. The number of aromatic hydroxyl groups is 2. The van der Waals surface area contributed by atoms with Crippen LogP contribution in [0.25, 0.3) is 5.57 Å². The van der Waals surface area contributed by atoms with Crippen molar-refractivity contribution in [3.05, 3.63) is 17.7 Å². The lowest BCUT2D eigenvalue weighted by atomic mass is 10.1. The minimum Gasteiger partial charge on any atom is -0.494 e. The molecule has 72 valence electrons. The van der Waals surface area contributed by atoms with Crippen LogP contribution in [-0.4, -0.2) is 15.2 Å². The van der Waals surface area contributed by atoms with Crippen LogP contribution in [0.15, 0.2) is 12.1 Å². The molecule has 3 heteroatoms. The van der Waals surface area contributed by atoms with E-state index in [1.165, 1.54) is 6.07 Å². The summed E-state index contributed by atoms with van der Waals surface area (Å²) in [6, 6.07) is 1.52. The van der Waals surface area contributed by atoms with Crippen molar-refractivity contribution in [2.75, 3.05) is 0 Å². The van der Waals surface area contributed by atoms with E-state index in [2.05, 4.69) is 11.9 Å². The van der Waals surface area contributed by atoms with E-state index in [1.54, 1.807) is 0 Å². The van der Waals surface area contributed by atoms with Gasteiger partial charge >= 0.3 is 0 Å². The van der Waals surface area contributed by atoms with E-state index in [0.29, 0.717) is 5.56 Å². The topological polar surface area (TPSA) is 56.2 Å². The van der Waals surface area contributed by atoms with Crippen molar-refractivity contribution in [2.24, 2.45) is 0 Å². The average Bonchev–Trinajstić information content (AvgIpc) is 2.41. The monoisotopic (exact) mass is 181 g/mol. The average molecular weight is 181 g/mol. The molecule has 3 N–H and O–H groups in total. The molecule has 0 saturated carbocycles. The Hall–Kier alpha value is -1.38. The first-order chi connectivity index (χ1) is 6.15. The molecule has 0 amide bonds. The third kappa shape index (κ3) is 2.28. The zero-order valence-corrected chi connectivity index (χ0v) is 7.96. The largest absolute Gasteiger partial charge is 0.494 e. The smallest absolute Gasteiger partial charge is 0.198 e. The highest BCUT2D eigenvalue weighted by Gasteiger charge is 2.06. The molecule has 0 bridgehead atoms. The summed E-state index contributed by atoms with van der Waals surface area (Å²) < 4.78 is 0. The van der Waals surface area contributed by atoms with Crippen molar-refractivity contribution in [1.29, 1.82) is 0 Å². The lowest BCUT2D eigenvalue weighted by molar-refractivity contribution is 0.425. The standard InChI is InChI=1S/C10H15NO2/c1-3-4-5-7(2)8-6-9(12)11-10(8)13/h5-6,11-13H,3-4H2,1-2H3/b7-5-. The molecule has 1 heterocycles. The molecular formula is C10H15NO2. The van der Waals surface area contributed by atoms with E-state index in [-0.39, 0.29) is 11.8 Å². The van der Waals surface area contributed by atoms with Gasteiger partial charge in [0, 0.05) is 11.6 Å². The Morgan fingerprint density at radius 1 is 1.54 bits per heavy atom. The van der Waals surface area contributed by atoms with Gasteiger partial charge in [-0.1, -0.05) is 19.4 Å². The number of H-pyrrole nitrogens is 1. The number of hydrogen-bond acceptors (Lipinski definition) is 2. The number of aromatic nitrogens is 1. The quantitative estimate of drug-likeness (QED) is 0.671. The molecular weight excluding hydrogens is 166 g/mol. The van der Waals surface area contributed by atoms with Gasteiger partial charge in [-0.25, -0.2) is 0 Å². The highest BCUT2D eigenvalue weighted by molar-refractivity contribution is 5.68. The van der Waals surface area contributed by atoms with Crippen LogP contribution in [-0.2, 0) is 0 Å². The van der Waals surface area contributed by atoms with Crippen LogP contribution in [0, 0.1) is 0 Å². The van der Waals surface area contributed by atoms with Gasteiger partial charge in [0.25, 0.3) is 0 Å². The molecule has 0 spiro atoms. The first kappa shape index (κ1) is 9.71. The van der Waals surface area contributed by atoms with Crippen LogP contribution in [0.2, 0.25) is 0 Å². The number of hydrogen-bond donors (Lipinski definition) is 3. The molecule has 0 aliphatic heterocycles. The molecule has 3 nitrogen and oxygen atoms in total. The Balaban J connectivity index is 2.87. The minimum atomic E-state index is -0.00301. The number of unbranched alkanes of at least 4 members (excludes halogenated alkanes) is 1. The first-order valence-electron chi connectivity index (χ1n) is 4.43. The van der Waals surface area contributed by atoms with Crippen LogP contribution in [0.4, 0.5) is 0 Å². The maximum atomic E-state index is 9.34. The normalized spacial score (nSPS) is 12.0. The third-order valence-corrected chi connectivity index (χ3v) is 1.95. The van der Waals surface area contributed by atoms with Crippen molar-refractivity contribution in [3.8, 4) is 11.8 Å². The van der Waals surface area contributed by atoms with E-state index in [4.69, 9.17) is 5.11 Å². The van der Waals surface area contributed by atoms with Gasteiger partial charge in [-0.05, 0) is 18.9 Å². The van der Waals surface area contributed by atoms with Gasteiger partial charge in [0.2, 0.25) is 0 Å². The van der Waals surface area contributed by atoms with E-state index in [0.717, 1.165) is 18.4 Å². The lowest BCUT2D eigenvalue weighted by Gasteiger charge is -1.97. The second kappa shape index (κ2) is 4.03.